The Balaban J connectivity index is 2.21. The zero-order chi connectivity index (χ0) is 11.8. The maximum absolute atomic E-state index is 3.47. The molecule has 0 unspecified atom stereocenters. The van der Waals surface area contributed by atoms with E-state index in [1.165, 1.54) is 28.2 Å². The summed E-state index contributed by atoms with van der Waals surface area (Å²) in [5, 5.41) is 3.47. The summed E-state index contributed by atoms with van der Waals surface area (Å²) in [5.41, 5.74) is 6.91. The molecule has 1 aliphatic rings. The molecule has 2 nitrogen and oxygen atoms in total. The van der Waals surface area contributed by atoms with Gasteiger partial charge in [0.1, 0.15) is 0 Å². The summed E-state index contributed by atoms with van der Waals surface area (Å²) in [5.74, 6) is 0. The molecule has 0 fully saturated rings. The first-order valence-electron chi connectivity index (χ1n) is 6.24. The molecule has 2 heterocycles. The van der Waals surface area contributed by atoms with Gasteiger partial charge in [-0.2, -0.15) is 0 Å². The molecule has 2 heteroatoms. The van der Waals surface area contributed by atoms with Crippen molar-refractivity contribution in [3.05, 3.63) is 52.8 Å². The highest BCUT2D eigenvalue weighted by Gasteiger charge is 2.15. The maximum Gasteiger partial charge on any atom is 0.0502 e. The van der Waals surface area contributed by atoms with Crippen molar-refractivity contribution in [2.45, 2.75) is 26.8 Å². The standard InChI is InChI=1S/C15H18N2/c1-11-6-7-12(2)17(11)15-5-3-4-13-8-9-16-10-14(13)15/h3-7,16H,8-10H2,1-2H3. The Morgan fingerprint density at radius 1 is 1.06 bits per heavy atom. The minimum Gasteiger partial charge on any atom is -0.318 e. The highest BCUT2D eigenvalue weighted by molar-refractivity contribution is 5.49. The normalized spacial score (nSPS) is 14.7. The second-order valence-electron chi connectivity index (χ2n) is 4.79. The average Bonchev–Trinajstić information content (AvgIpc) is 2.69. The number of benzene rings is 1. The van der Waals surface area contributed by atoms with Gasteiger partial charge in [-0.3, -0.25) is 0 Å². The molecule has 0 atom stereocenters. The van der Waals surface area contributed by atoms with Gasteiger partial charge in [0.05, 0.1) is 5.69 Å². The first-order valence-corrected chi connectivity index (χ1v) is 6.24. The van der Waals surface area contributed by atoms with Crippen molar-refractivity contribution in [1.82, 2.24) is 9.88 Å². The van der Waals surface area contributed by atoms with Crippen LogP contribution in [0.5, 0.6) is 0 Å². The third kappa shape index (κ3) is 1.69. The van der Waals surface area contributed by atoms with Crippen LogP contribution in [0.25, 0.3) is 5.69 Å². The molecule has 1 aliphatic heterocycles. The van der Waals surface area contributed by atoms with E-state index < -0.39 is 0 Å². The monoisotopic (exact) mass is 226 g/mol. The average molecular weight is 226 g/mol. The molecule has 0 saturated heterocycles. The van der Waals surface area contributed by atoms with Crippen LogP contribution in [0.4, 0.5) is 0 Å². The topological polar surface area (TPSA) is 17.0 Å². The minimum absolute atomic E-state index is 0.989. The Bertz CT molecular complexity index is 533. The van der Waals surface area contributed by atoms with Crippen LogP contribution in [0.3, 0.4) is 0 Å². The molecule has 0 spiro atoms. The molecular weight excluding hydrogens is 208 g/mol. The fourth-order valence-electron chi connectivity index (χ4n) is 2.75. The predicted octanol–water partition coefficient (Wildman–Crippen LogP) is 2.74. The van der Waals surface area contributed by atoms with Gasteiger partial charge in [0.15, 0.2) is 0 Å². The Kier molecular flexibility index (Phi) is 2.52. The lowest BCUT2D eigenvalue weighted by Gasteiger charge is -2.22. The number of aromatic nitrogens is 1. The lowest BCUT2D eigenvalue weighted by Crippen LogP contribution is -2.25. The zero-order valence-electron chi connectivity index (χ0n) is 10.5. The Morgan fingerprint density at radius 3 is 2.59 bits per heavy atom. The van der Waals surface area contributed by atoms with E-state index in [0.717, 1.165) is 19.5 Å². The minimum atomic E-state index is 0.989. The van der Waals surface area contributed by atoms with E-state index in [1.807, 2.05) is 0 Å². The van der Waals surface area contributed by atoms with Crippen molar-refractivity contribution in [3.8, 4) is 5.69 Å². The molecule has 0 saturated carbocycles. The second-order valence-corrected chi connectivity index (χ2v) is 4.79. The summed E-state index contributed by atoms with van der Waals surface area (Å²) < 4.78 is 2.35. The summed E-state index contributed by atoms with van der Waals surface area (Å²) in [6.07, 6.45) is 1.14. The van der Waals surface area contributed by atoms with Crippen LogP contribution in [0.15, 0.2) is 30.3 Å². The number of nitrogens with zero attached hydrogens (tertiary/aromatic N) is 1. The Labute approximate surface area is 102 Å². The van der Waals surface area contributed by atoms with Crippen LogP contribution in [0.1, 0.15) is 22.5 Å². The number of rotatable bonds is 1. The van der Waals surface area contributed by atoms with Crippen molar-refractivity contribution >= 4 is 0 Å². The lowest BCUT2D eigenvalue weighted by atomic mass is 9.99. The second kappa shape index (κ2) is 4.04. The number of fused-ring (bicyclic) bond motifs is 1. The van der Waals surface area contributed by atoms with E-state index >= 15 is 0 Å². The van der Waals surface area contributed by atoms with E-state index in [2.05, 4.69) is 54.1 Å². The molecule has 0 amide bonds. The van der Waals surface area contributed by atoms with Crippen LogP contribution >= 0.6 is 0 Å². The van der Waals surface area contributed by atoms with E-state index in [0.29, 0.717) is 0 Å². The van der Waals surface area contributed by atoms with Crippen LogP contribution in [-0.4, -0.2) is 11.1 Å². The number of aryl methyl sites for hydroxylation is 2. The van der Waals surface area contributed by atoms with Crippen molar-refractivity contribution < 1.29 is 0 Å². The Morgan fingerprint density at radius 2 is 1.82 bits per heavy atom. The van der Waals surface area contributed by atoms with Gasteiger partial charge < -0.3 is 9.88 Å². The molecule has 1 N–H and O–H groups in total. The summed E-state index contributed by atoms with van der Waals surface area (Å²) in [4.78, 5) is 0. The molecule has 2 aromatic rings. The van der Waals surface area contributed by atoms with E-state index in [9.17, 15) is 0 Å². The smallest absolute Gasteiger partial charge is 0.0502 e. The molecule has 3 rings (SSSR count). The first-order chi connectivity index (χ1) is 8.27. The van der Waals surface area contributed by atoms with Crippen LogP contribution < -0.4 is 5.32 Å². The summed E-state index contributed by atoms with van der Waals surface area (Å²) in [7, 11) is 0. The van der Waals surface area contributed by atoms with Gasteiger partial charge in [-0.05, 0) is 56.1 Å². The molecule has 0 aliphatic carbocycles. The van der Waals surface area contributed by atoms with Crippen molar-refractivity contribution in [2.24, 2.45) is 0 Å². The summed E-state index contributed by atoms with van der Waals surface area (Å²) >= 11 is 0. The van der Waals surface area contributed by atoms with E-state index in [1.54, 1.807) is 0 Å². The maximum atomic E-state index is 3.47. The Hall–Kier alpha value is -1.54. The van der Waals surface area contributed by atoms with E-state index in [-0.39, 0.29) is 0 Å². The number of nitrogens with one attached hydrogen (secondary N) is 1. The number of hydrogen-bond donors (Lipinski definition) is 1. The van der Waals surface area contributed by atoms with Crippen LogP contribution in [0, 0.1) is 13.8 Å². The van der Waals surface area contributed by atoms with Gasteiger partial charge in [0.2, 0.25) is 0 Å². The third-order valence-electron chi connectivity index (χ3n) is 3.63. The van der Waals surface area contributed by atoms with Gasteiger partial charge in [0.25, 0.3) is 0 Å². The zero-order valence-corrected chi connectivity index (χ0v) is 10.5. The first kappa shape index (κ1) is 10.6. The van der Waals surface area contributed by atoms with E-state index in [4.69, 9.17) is 0 Å². The molecule has 0 radical (unpaired) electrons. The molecule has 88 valence electrons. The highest BCUT2D eigenvalue weighted by Crippen LogP contribution is 2.25. The van der Waals surface area contributed by atoms with Crippen molar-refractivity contribution in [3.63, 3.8) is 0 Å². The molecule has 1 aromatic heterocycles. The predicted molar refractivity (Wildman–Crippen MR) is 70.7 cm³/mol. The molecular formula is C15H18N2. The summed E-state index contributed by atoms with van der Waals surface area (Å²) in [6, 6.07) is 11.0. The molecule has 1 aromatic carbocycles. The van der Waals surface area contributed by atoms with Crippen LogP contribution in [-0.2, 0) is 13.0 Å². The van der Waals surface area contributed by atoms with Gasteiger partial charge in [-0.25, -0.2) is 0 Å². The fourth-order valence-corrected chi connectivity index (χ4v) is 2.75. The summed E-state index contributed by atoms with van der Waals surface area (Å²) in [6.45, 7) is 6.42. The van der Waals surface area contributed by atoms with Gasteiger partial charge >= 0.3 is 0 Å². The molecule has 0 bridgehead atoms. The van der Waals surface area contributed by atoms with Gasteiger partial charge in [0, 0.05) is 17.9 Å². The SMILES string of the molecule is Cc1ccc(C)n1-c1cccc2c1CNCC2. The van der Waals surface area contributed by atoms with Crippen LogP contribution in [0.2, 0.25) is 0 Å². The van der Waals surface area contributed by atoms with Gasteiger partial charge in [-0.15, -0.1) is 0 Å². The highest BCUT2D eigenvalue weighted by atomic mass is 15.0. The van der Waals surface area contributed by atoms with Gasteiger partial charge in [-0.1, -0.05) is 12.1 Å². The fraction of sp³-hybridized carbons (Fsp3) is 0.333. The molecule has 17 heavy (non-hydrogen) atoms. The number of hydrogen-bond acceptors (Lipinski definition) is 1. The third-order valence-corrected chi connectivity index (χ3v) is 3.63. The lowest BCUT2D eigenvalue weighted by molar-refractivity contribution is 0.639. The largest absolute Gasteiger partial charge is 0.318 e. The van der Waals surface area contributed by atoms with Crippen molar-refractivity contribution in [2.75, 3.05) is 6.54 Å². The van der Waals surface area contributed by atoms with Crippen molar-refractivity contribution in [1.29, 1.82) is 0 Å². The quantitative estimate of drug-likeness (QED) is 0.791.